The number of benzene rings is 1. The number of piperidine rings is 1. The fourth-order valence-corrected chi connectivity index (χ4v) is 3.52. The number of likely N-dealkylation sites (tertiary alicyclic amines) is 1. The third kappa shape index (κ3) is 4.09. The number of aromatic nitrogens is 2. The van der Waals surface area contributed by atoms with Gasteiger partial charge in [-0.2, -0.15) is 13.2 Å². The van der Waals surface area contributed by atoms with Crippen LogP contribution in [0.25, 0.3) is 11.3 Å². The summed E-state index contributed by atoms with van der Waals surface area (Å²) in [5.74, 6) is -0.507. The number of hydrogen-bond donors (Lipinski definition) is 2. The van der Waals surface area contributed by atoms with E-state index in [0.717, 1.165) is 32.0 Å². The molecule has 2 aromatic rings. The molecule has 2 heterocycles. The first-order chi connectivity index (χ1) is 13.2. The van der Waals surface area contributed by atoms with Crippen molar-refractivity contribution in [1.29, 1.82) is 0 Å². The molecule has 0 amide bonds. The van der Waals surface area contributed by atoms with Gasteiger partial charge in [0.05, 0.1) is 11.3 Å². The average molecular weight is 394 g/mol. The quantitative estimate of drug-likeness (QED) is 0.471. The first kappa shape index (κ1) is 20.1. The molecule has 3 rings (SSSR count). The lowest BCUT2D eigenvalue weighted by molar-refractivity contribution is -0.137. The summed E-state index contributed by atoms with van der Waals surface area (Å²) in [7, 11) is 1.99. The Balaban J connectivity index is 1.92. The molecule has 0 aliphatic carbocycles. The minimum atomic E-state index is -4.54. The van der Waals surface area contributed by atoms with Crippen molar-refractivity contribution in [3.8, 4) is 17.0 Å². The largest absolute Gasteiger partial charge is 0.507 e. The van der Waals surface area contributed by atoms with E-state index in [1.165, 1.54) is 6.07 Å². The van der Waals surface area contributed by atoms with Crippen LogP contribution in [0.4, 0.5) is 13.2 Å². The van der Waals surface area contributed by atoms with E-state index < -0.39 is 17.5 Å². The maximum Gasteiger partial charge on any atom is 0.416 e. The van der Waals surface area contributed by atoms with Crippen molar-refractivity contribution in [2.45, 2.75) is 25.9 Å². The molecule has 6 nitrogen and oxygen atoms in total. The van der Waals surface area contributed by atoms with Gasteiger partial charge in [-0.3, -0.25) is 0 Å². The predicted molar refractivity (Wildman–Crippen MR) is 97.4 cm³/mol. The number of nitrogens with zero attached hydrogens (tertiary/aromatic N) is 4. The standard InChI is InChI=1S/C19H21F3N4O2/c1-11-8-15(18(25-28)12-4-3-7-26(2)10-12)23-24-17(11)14-6-5-13(9-16(14)27)19(20,21)22/h5-6,8-9,12,27-28H,3-4,7,10H2,1-2H3. The molecule has 1 fully saturated rings. The Morgan fingerprint density at radius 1 is 1.25 bits per heavy atom. The molecule has 28 heavy (non-hydrogen) atoms. The van der Waals surface area contributed by atoms with Crippen LogP contribution < -0.4 is 0 Å². The molecule has 0 radical (unpaired) electrons. The number of rotatable bonds is 3. The highest BCUT2D eigenvalue weighted by molar-refractivity contribution is 6.00. The number of halogens is 3. The molecule has 0 bridgehead atoms. The van der Waals surface area contributed by atoms with Crippen LogP contribution in [0.15, 0.2) is 29.4 Å². The van der Waals surface area contributed by atoms with E-state index in [1.807, 2.05) is 7.05 Å². The second-order valence-corrected chi connectivity index (χ2v) is 7.08. The van der Waals surface area contributed by atoms with Crippen LogP contribution in [0, 0.1) is 12.8 Å². The normalized spacial score (nSPS) is 19.0. The van der Waals surface area contributed by atoms with Crippen molar-refractivity contribution >= 4 is 5.71 Å². The van der Waals surface area contributed by atoms with E-state index in [0.29, 0.717) is 23.0 Å². The van der Waals surface area contributed by atoms with Crippen LogP contribution >= 0.6 is 0 Å². The summed E-state index contributed by atoms with van der Waals surface area (Å²) >= 11 is 0. The molecule has 1 aromatic carbocycles. The highest BCUT2D eigenvalue weighted by Gasteiger charge is 2.31. The van der Waals surface area contributed by atoms with Crippen LogP contribution in [-0.2, 0) is 6.18 Å². The Kier molecular flexibility index (Phi) is 5.55. The monoisotopic (exact) mass is 394 g/mol. The fourth-order valence-electron chi connectivity index (χ4n) is 3.52. The zero-order valence-electron chi connectivity index (χ0n) is 15.5. The first-order valence-electron chi connectivity index (χ1n) is 8.86. The average Bonchev–Trinajstić information content (AvgIpc) is 2.62. The minimum Gasteiger partial charge on any atom is -0.507 e. The summed E-state index contributed by atoms with van der Waals surface area (Å²) < 4.78 is 38.4. The van der Waals surface area contributed by atoms with E-state index in [4.69, 9.17) is 0 Å². The van der Waals surface area contributed by atoms with Gasteiger partial charge in [0.15, 0.2) is 0 Å². The third-order valence-corrected chi connectivity index (χ3v) is 4.95. The van der Waals surface area contributed by atoms with Gasteiger partial charge < -0.3 is 15.2 Å². The topological polar surface area (TPSA) is 81.8 Å². The Bertz CT molecular complexity index is 899. The van der Waals surface area contributed by atoms with Gasteiger partial charge in [-0.1, -0.05) is 5.16 Å². The molecule has 1 aliphatic heterocycles. The van der Waals surface area contributed by atoms with Crippen LogP contribution in [-0.4, -0.2) is 51.3 Å². The molecular formula is C19H21F3N4O2. The highest BCUT2D eigenvalue weighted by atomic mass is 19.4. The molecule has 1 saturated heterocycles. The molecule has 2 N–H and O–H groups in total. The molecule has 150 valence electrons. The van der Waals surface area contributed by atoms with Crippen molar-refractivity contribution in [1.82, 2.24) is 15.1 Å². The summed E-state index contributed by atoms with van der Waals surface area (Å²) in [5.41, 5.74) is 0.940. The van der Waals surface area contributed by atoms with Crippen molar-refractivity contribution in [2.75, 3.05) is 20.1 Å². The Labute approximate surface area is 160 Å². The molecule has 0 spiro atoms. The number of alkyl halides is 3. The van der Waals surface area contributed by atoms with E-state index in [1.54, 1.807) is 13.0 Å². The number of phenolic OH excluding ortho intramolecular Hbond substituents is 1. The first-order valence-corrected chi connectivity index (χ1v) is 8.86. The Morgan fingerprint density at radius 3 is 2.57 bits per heavy atom. The number of oxime groups is 1. The minimum absolute atomic E-state index is 0.0165. The summed E-state index contributed by atoms with van der Waals surface area (Å²) in [6.07, 6.45) is -2.70. The van der Waals surface area contributed by atoms with E-state index in [2.05, 4.69) is 20.3 Å². The zero-order chi connectivity index (χ0) is 20.5. The van der Waals surface area contributed by atoms with Gasteiger partial charge in [0.1, 0.15) is 17.2 Å². The maximum atomic E-state index is 12.8. The molecule has 9 heteroatoms. The van der Waals surface area contributed by atoms with Gasteiger partial charge in [0.2, 0.25) is 0 Å². The Morgan fingerprint density at radius 2 is 2.00 bits per heavy atom. The number of hydrogen-bond acceptors (Lipinski definition) is 6. The number of phenols is 1. The second-order valence-electron chi connectivity index (χ2n) is 7.08. The van der Waals surface area contributed by atoms with Gasteiger partial charge in [0, 0.05) is 18.0 Å². The van der Waals surface area contributed by atoms with Crippen LogP contribution in [0.2, 0.25) is 0 Å². The van der Waals surface area contributed by atoms with Gasteiger partial charge in [-0.05, 0) is 63.2 Å². The van der Waals surface area contributed by atoms with E-state index >= 15 is 0 Å². The second kappa shape index (κ2) is 7.75. The molecule has 1 aliphatic rings. The highest BCUT2D eigenvalue weighted by Crippen LogP contribution is 2.36. The molecule has 1 atom stereocenters. The van der Waals surface area contributed by atoms with Gasteiger partial charge in [-0.25, -0.2) is 0 Å². The fraction of sp³-hybridized carbons (Fsp3) is 0.421. The van der Waals surface area contributed by atoms with Crippen molar-refractivity contribution in [2.24, 2.45) is 11.1 Å². The van der Waals surface area contributed by atoms with Gasteiger partial charge in [-0.15, -0.1) is 10.2 Å². The molecule has 1 unspecified atom stereocenters. The summed E-state index contributed by atoms with van der Waals surface area (Å²) in [6, 6.07) is 4.40. The summed E-state index contributed by atoms with van der Waals surface area (Å²) in [4.78, 5) is 2.15. The van der Waals surface area contributed by atoms with E-state index in [9.17, 15) is 23.5 Å². The SMILES string of the molecule is Cc1cc(C(=NO)C2CCCN(C)C2)nnc1-c1ccc(C(F)(F)F)cc1O. The lowest BCUT2D eigenvalue weighted by atomic mass is 9.91. The molecular weight excluding hydrogens is 373 g/mol. The van der Waals surface area contributed by atoms with Gasteiger partial charge in [0.25, 0.3) is 0 Å². The third-order valence-electron chi connectivity index (χ3n) is 4.95. The lowest BCUT2D eigenvalue weighted by Gasteiger charge is -2.29. The Hall–Kier alpha value is -2.68. The summed E-state index contributed by atoms with van der Waals surface area (Å²) in [5, 5.41) is 31.2. The molecule has 1 aromatic heterocycles. The van der Waals surface area contributed by atoms with Crippen LogP contribution in [0.3, 0.4) is 0 Å². The van der Waals surface area contributed by atoms with Crippen molar-refractivity contribution in [3.05, 3.63) is 41.1 Å². The van der Waals surface area contributed by atoms with Gasteiger partial charge >= 0.3 is 6.18 Å². The summed E-state index contributed by atoms with van der Waals surface area (Å²) in [6.45, 7) is 3.43. The van der Waals surface area contributed by atoms with Crippen molar-refractivity contribution < 1.29 is 23.5 Å². The van der Waals surface area contributed by atoms with Crippen molar-refractivity contribution in [3.63, 3.8) is 0 Å². The molecule has 0 saturated carbocycles. The predicted octanol–water partition coefficient (Wildman–Crippen LogP) is 3.70. The zero-order valence-corrected chi connectivity index (χ0v) is 15.5. The lowest BCUT2D eigenvalue weighted by Crippen LogP contribution is -2.36. The number of aromatic hydroxyl groups is 1. The van der Waals surface area contributed by atoms with Crippen LogP contribution in [0.1, 0.15) is 29.7 Å². The number of aryl methyl sites for hydroxylation is 1. The maximum absolute atomic E-state index is 12.8. The smallest absolute Gasteiger partial charge is 0.416 e. The van der Waals surface area contributed by atoms with E-state index in [-0.39, 0.29) is 17.2 Å². The van der Waals surface area contributed by atoms with Crippen LogP contribution in [0.5, 0.6) is 5.75 Å².